The zero-order chi connectivity index (χ0) is 20.8. The van der Waals surface area contributed by atoms with Crippen LogP contribution in [0.15, 0.2) is 36.4 Å². The average Bonchev–Trinajstić information content (AvgIpc) is 3.02. The summed E-state index contributed by atoms with van der Waals surface area (Å²) in [6.45, 7) is 9.10. The summed E-state index contributed by atoms with van der Waals surface area (Å²) < 4.78 is 0. The van der Waals surface area contributed by atoms with Gasteiger partial charge in [0, 0.05) is 23.4 Å². The van der Waals surface area contributed by atoms with Crippen LogP contribution in [-0.4, -0.2) is 44.0 Å². The molecule has 1 fully saturated rings. The Bertz CT molecular complexity index is 1040. The Kier molecular flexibility index (Phi) is 4.75. The van der Waals surface area contributed by atoms with Crippen molar-refractivity contribution in [1.82, 2.24) is 20.2 Å². The van der Waals surface area contributed by atoms with Crippen molar-refractivity contribution in [2.45, 2.75) is 33.3 Å². The number of halogens is 1. The van der Waals surface area contributed by atoms with E-state index in [4.69, 9.17) is 16.6 Å². The van der Waals surface area contributed by atoms with E-state index in [1.54, 1.807) is 0 Å². The van der Waals surface area contributed by atoms with Gasteiger partial charge in [-0.1, -0.05) is 44.5 Å². The maximum Gasteiger partial charge on any atom is 0.165 e. The van der Waals surface area contributed by atoms with E-state index in [0.29, 0.717) is 35.6 Å². The highest BCUT2D eigenvalue weighted by Crippen LogP contribution is 2.40. The number of hydrogen-bond acceptors (Lipinski definition) is 6. The molecule has 0 saturated carbocycles. The third-order valence-electron chi connectivity index (χ3n) is 5.41. The lowest BCUT2D eigenvalue weighted by Gasteiger charge is -2.54. The molecule has 1 saturated heterocycles. The summed E-state index contributed by atoms with van der Waals surface area (Å²) in [6, 6.07) is 11.3. The minimum atomic E-state index is -0.755. The van der Waals surface area contributed by atoms with Crippen molar-refractivity contribution < 1.29 is 5.11 Å². The molecule has 8 heteroatoms. The lowest BCUT2D eigenvalue weighted by atomic mass is 9.71. The molecule has 2 aromatic heterocycles. The molecule has 29 heavy (non-hydrogen) atoms. The molecule has 152 valence electrons. The molecule has 7 nitrogen and oxygen atoms in total. The largest absolute Gasteiger partial charge is 0.386 e. The Morgan fingerprint density at radius 3 is 2.48 bits per heavy atom. The van der Waals surface area contributed by atoms with Gasteiger partial charge in [0.25, 0.3) is 0 Å². The molecular weight excluding hydrogens is 388 g/mol. The molecule has 1 aromatic carbocycles. The van der Waals surface area contributed by atoms with Crippen molar-refractivity contribution in [3.05, 3.63) is 47.1 Å². The number of anilines is 3. The van der Waals surface area contributed by atoms with Gasteiger partial charge in [0.15, 0.2) is 11.6 Å². The molecule has 3 N–H and O–H groups in total. The molecule has 0 unspecified atom stereocenters. The van der Waals surface area contributed by atoms with Gasteiger partial charge in [0.05, 0.1) is 18.1 Å². The number of nitrogens with zero attached hydrogens (tertiary/aromatic N) is 4. The van der Waals surface area contributed by atoms with Crippen LogP contribution in [0, 0.1) is 12.3 Å². The monoisotopic (exact) mass is 412 g/mol. The van der Waals surface area contributed by atoms with E-state index in [-0.39, 0.29) is 5.41 Å². The van der Waals surface area contributed by atoms with E-state index >= 15 is 0 Å². The summed E-state index contributed by atoms with van der Waals surface area (Å²) in [4.78, 5) is 11.4. The van der Waals surface area contributed by atoms with Gasteiger partial charge in [0.1, 0.15) is 17.2 Å². The van der Waals surface area contributed by atoms with Crippen LogP contribution in [0.25, 0.3) is 11.4 Å². The topological polar surface area (TPSA) is 90.0 Å². The molecule has 0 radical (unpaired) electrons. The smallest absolute Gasteiger partial charge is 0.165 e. The second-order valence-electron chi connectivity index (χ2n) is 8.61. The number of aryl methyl sites for hydroxylation is 1. The Labute approximate surface area is 175 Å². The molecule has 3 aromatic rings. The van der Waals surface area contributed by atoms with Gasteiger partial charge >= 0.3 is 0 Å². The maximum atomic E-state index is 10.9. The van der Waals surface area contributed by atoms with Gasteiger partial charge in [-0.25, -0.2) is 9.97 Å². The Balaban J connectivity index is 1.70. The molecule has 1 aliphatic rings. The van der Waals surface area contributed by atoms with E-state index in [1.165, 1.54) is 0 Å². The molecule has 0 amide bonds. The van der Waals surface area contributed by atoms with Crippen molar-refractivity contribution >= 4 is 29.1 Å². The molecule has 1 aliphatic heterocycles. The van der Waals surface area contributed by atoms with Crippen LogP contribution in [0.1, 0.15) is 26.5 Å². The van der Waals surface area contributed by atoms with Crippen molar-refractivity contribution in [2.75, 3.05) is 23.3 Å². The first-order valence-electron chi connectivity index (χ1n) is 9.55. The predicted octanol–water partition coefficient (Wildman–Crippen LogP) is 4.17. The number of aromatic nitrogens is 4. The lowest BCUT2D eigenvalue weighted by molar-refractivity contribution is -0.0791. The molecule has 0 aliphatic carbocycles. The second kappa shape index (κ2) is 7.00. The van der Waals surface area contributed by atoms with E-state index in [0.717, 1.165) is 17.1 Å². The number of H-pyrrole nitrogens is 1. The van der Waals surface area contributed by atoms with Gasteiger partial charge in [0.2, 0.25) is 0 Å². The summed E-state index contributed by atoms with van der Waals surface area (Å²) in [5.41, 5.74) is 0.737. The molecule has 3 heterocycles. The minimum absolute atomic E-state index is 0.213. The number of nitrogens with one attached hydrogen (secondary N) is 2. The van der Waals surface area contributed by atoms with Gasteiger partial charge in [-0.15, -0.1) is 0 Å². The first-order valence-corrected chi connectivity index (χ1v) is 9.93. The number of rotatable bonds is 4. The van der Waals surface area contributed by atoms with Gasteiger partial charge < -0.3 is 15.3 Å². The predicted molar refractivity (Wildman–Crippen MR) is 116 cm³/mol. The first kappa shape index (κ1) is 19.7. The summed E-state index contributed by atoms with van der Waals surface area (Å²) in [6.07, 6.45) is 0. The maximum absolute atomic E-state index is 10.9. The molecule has 4 rings (SSSR count). The van der Waals surface area contributed by atoms with Crippen LogP contribution < -0.4 is 10.2 Å². The zero-order valence-corrected chi connectivity index (χ0v) is 17.7. The summed E-state index contributed by atoms with van der Waals surface area (Å²) in [5.74, 6) is 2.54. The Morgan fingerprint density at radius 1 is 1.14 bits per heavy atom. The molecule has 0 spiro atoms. The number of aliphatic hydroxyl groups is 1. The highest BCUT2D eigenvalue weighted by atomic mass is 35.5. The summed E-state index contributed by atoms with van der Waals surface area (Å²) >= 11 is 6.39. The number of hydrogen-bond donors (Lipinski definition) is 3. The summed E-state index contributed by atoms with van der Waals surface area (Å²) in [7, 11) is 0. The Hall–Kier alpha value is -2.64. The lowest BCUT2D eigenvalue weighted by Crippen LogP contribution is -2.68. The fourth-order valence-electron chi connectivity index (χ4n) is 3.26. The number of benzene rings is 1. The fraction of sp³-hybridized carbons (Fsp3) is 0.381. The van der Waals surface area contributed by atoms with Crippen molar-refractivity contribution in [3.63, 3.8) is 0 Å². The quantitative estimate of drug-likeness (QED) is 0.595. The van der Waals surface area contributed by atoms with Gasteiger partial charge in [-0.05, 0) is 24.5 Å². The van der Waals surface area contributed by atoms with Crippen LogP contribution in [0.5, 0.6) is 0 Å². The van der Waals surface area contributed by atoms with E-state index < -0.39 is 5.60 Å². The van der Waals surface area contributed by atoms with Crippen molar-refractivity contribution in [1.29, 1.82) is 0 Å². The van der Waals surface area contributed by atoms with Crippen LogP contribution in [0.4, 0.5) is 17.5 Å². The third kappa shape index (κ3) is 3.80. The number of aromatic amines is 1. The van der Waals surface area contributed by atoms with E-state index in [2.05, 4.69) is 20.5 Å². The van der Waals surface area contributed by atoms with Crippen LogP contribution >= 0.6 is 11.6 Å². The van der Waals surface area contributed by atoms with Crippen LogP contribution in [0.2, 0.25) is 5.02 Å². The second-order valence-corrected chi connectivity index (χ2v) is 9.02. The average molecular weight is 413 g/mol. The first-order chi connectivity index (χ1) is 13.6. The zero-order valence-electron chi connectivity index (χ0n) is 17.0. The highest BCUT2D eigenvalue weighted by molar-refractivity contribution is 6.33. The number of β-amino-alcohol motifs (C(OH)–C–C–N with tert-alkyl or cyclic N) is 1. The van der Waals surface area contributed by atoms with E-state index in [9.17, 15) is 5.11 Å². The van der Waals surface area contributed by atoms with E-state index in [1.807, 2.05) is 69.0 Å². The normalized spacial score (nSPS) is 15.9. The van der Waals surface area contributed by atoms with Crippen LogP contribution in [-0.2, 0) is 0 Å². The van der Waals surface area contributed by atoms with Gasteiger partial charge in [-0.2, -0.15) is 5.10 Å². The van der Waals surface area contributed by atoms with Gasteiger partial charge in [-0.3, -0.25) is 5.10 Å². The molecule has 0 atom stereocenters. The fourth-order valence-corrected chi connectivity index (χ4v) is 3.48. The Morgan fingerprint density at radius 2 is 1.86 bits per heavy atom. The third-order valence-corrected chi connectivity index (χ3v) is 5.74. The molecular formula is C21H25ClN6O. The van der Waals surface area contributed by atoms with Crippen molar-refractivity contribution in [3.8, 4) is 11.4 Å². The SMILES string of the molecule is Cc1cc(Nc2cc(N3CC(O)(C(C)(C)C)C3)nc(-c3ccccc3Cl)n2)n[nH]1. The minimum Gasteiger partial charge on any atom is -0.386 e. The van der Waals surface area contributed by atoms with Crippen LogP contribution in [0.3, 0.4) is 0 Å². The van der Waals surface area contributed by atoms with Crippen molar-refractivity contribution in [2.24, 2.45) is 5.41 Å². The summed E-state index contributed by atoms with van der Waals surface area (Å²) in [5, 5.41) is 21.8. The highest BCUT2D eigenvalue weighted by Gasteiger charge is 2.50. The molecule has 0 bridgehead atoms. The standard InChI is InChI=1S/C21H25ClN6O/c1-13-9-17(27-26-13)23-16-10-18(28-11-21(29,12-28)20(2,3)4)25-19(24-16)14-7-5-6-8-15(14)22/h5-10,29H,11-12H2,1-4H3,(H2,23,24,25,26,27).